The van der Waals surface area contributed by atoms with Crippen molar-refractivity contribution in [3.05, 3.63) is 75.4 Å². The zero-order valence-electron chi connectivity index (χ0n) is 15.1. The predicted molar refractivity (Wildman–Crippen MR) is 103 cm³/mol. The normalized spacial score (nSPS) is 16.7. The van der Waals surface area contributed by atoms with Gasteiger partial charge in [0.1, 0.15) is 11.5 Å². The van der Waals surface area contributed by atoms with Crippen LogP contribution < -0.4 is 9.64 Å². The molecule has 28 heavy (non-hydrogen) atoms. The highest BCUT2D eigenvalue weighted by molar-refractivity contribution is 7.12. The van der Waals surface area contributed by atoms with Gasteiger partial charge < -0.3 is 14.4 Å². The summed E-state index contributed by atoms with van der Waals surface area (Å²) in [6.07, 6.45) is 0. The number of rotatable bonds is 5. The molecule has 1 N–H and O–H groups in total. The molecule has 0 radical (unpaired) electrons. The number of aliphatic hydroxyl groups excluding tert-OH is 1. The van der Waals surface area contributed by atoms with Gasteiger partial charge in [0.15, 0.2) is 11.6 Å². The number of methoxy groups -OCH3 is 1. The molecule has 0 saturated heterocycles. The van der Waals surface area contributed by atoms with Crippen molar-refractivity contribution in [2.24, 2.45) is 0 Å². The number of hydrogen-bond donors (Lipinski definition) is 1. The summed E-state index contributed by atoms with van der Waals surface area (Å²) in [7, 11) is 1.55. The zero-order chi connectivity index (χ0) is 19.8. The number of aryl methyl sites for hydroxylation is 1. The van der Waals surface area contributed by atoms with Crippen LogP contribution in [0.5, 0.6) is 5.75 Å². The topological polar surface area (TPSA) is 92.9 Å². The maximum atomic E-state index is 13.1. The van der Waals surface area contributed by atoms with Crippen LogP contribution in [0.15, 0.2) is 63.7 Å². The fourth-order valence-corrected chi connectivity index (χ4v) is 3.86. The van der Waals surface area contributed by atoms with E-state index in [1.165, 1.54) is 16.2 Å². The van der Waals surface area contributed by atoms with E-state index in [1.807, 2.05) is 0 Å². The van der Waals surface area contributed by atoms with Crippen molar-refractivity contribution >= 4 is 28.8 Å². The van der Waals surface area contributed by atoms with Crippen molar-refractivity contribution in [2.75, 3.05) is 12.0 Å². The first-order chi connectivity index (χ1) is 13.5. The Kier molecular flexibility index (Phi) is 4.48. The smallest absolute Gasteiger partial charge is 0.295 e. The van der Waals surface area contributed by atoms with E-state index in [9.17, 15) is 14.7 Å². The monoisotopic (exact) mass is 396 g/mol. The highest BCUT2D eigenvalue weighted by Crippen LogP contribution is 2.42. The molecule has 0 aliphatic carbocycles. The Bertz CT molecular complexity index is 1070. The minimum absolute atomic E-state index is 0.0123. The Hall–Kier alpha value is -3.39. The average Bonchev–Trinajstić information content (AvgIpc) is 3.43. The van der Waals surface area contributed by atoms with Gasteiger partial charge >= 0.3 is 0 Å². The highest BCUT2D eigenvalue weighted by Gasteiger charge is 2.45. The number of benzene rings is 1. The molecule has 3 heterocycles. The molecule has 0 spiro atoms. The first-order valence-corrected chi connectivity index (χ1v) is 9.31. The molecule has 0 bridgehead atoms. The summed E-state index contributed by atoms with van der Waals surface area (Å²) in [6.45, 7) is 1.70. The van der Waals surface area contributed by atoms with Crippen LogP contribution in [0, 0.1) is 6.92 Å². The van der Waals surface area contributed by atoms with E-state index in [0.29, 0.717) is 22.0 Å². The van der Waals surface area contributed by atoms with Gasteiger partial charge in [-0.25, -0.2) is 0 Å². The molecule has 8 heteroatoms. The lowest BCUT2D eigenvalue weighted by Gasteiger charge is -2.24. The molecule has 0 fully saturated rings. The Balaban J connectivity index is 1.86. The summed E-state index contributed by atoms with van der Waals surface area (Å²) in [5, 5.41) is 16.3. The lowest BCUT2D eigenvalue weighted by molar-refractivity contribution is -0.117. The van der Waals surface area contributed by atoms with Gasteiger partial charge in [-0.1, -0.05) is 23.4 Å². The molecule has 1 aromatic carbocycles. The quantitative estimate of drug-likeness (QED) is 0.659. The highest BCUT2D eigenvalue weighted by atomic mass is 32.1. The van der Waals surface area contributed by atoms with Crippen molar-refractivity contribution in [1.82, 2.24) is 5.16 Å². The fourth-order valence-electron chi connectivity index (χ4n) is 3.18. The van der Waals surface area contributed by atoms with E-state index >= 15 is 0 Å². The van der Waals surface area contributed by atoms with Gasteiger partial charge in [-0.15, -0.1) is 11.3 Å². The van der Waals surface area contributed by atoms with Gasteiger partial charge in [0.25, 0.3) is 5.91 Å². The van der Waals surface area contributed by atoms with Crippen LogP contribution in [0.2, 0.25) is 0 Å². The zero-order valence-corrected chi connectivity index (χ0v) is 15.9. The van der Waals surface area contributed by atoms with Gasteiger partial charge in [0, 0.05) is 6.07 Å². The van der Waals surface area contributed by atoms with Crippen molar-refractivity contribution in [1.29, 1.82) is 0 Å². The van der Waals surface area contributed by atoms with Crippen LogP contribution >= 0.6 is 11.3 Å². The fraction of sp³-hybridized carbons (Fsp3) is 0.150. The number of anilines is 1. The molecule has 1 atom stereocenters. The first-order valence-electron chi connectivity index (χ1n) is 8.43. The van der Waals surface area contributed by atoms with Gasteiger partial charge in [-0.05, 0) is 36.1 Å². The third-order valence-corrected chi connectivity index (χ3v) is 5.36. The number of ketones is 1. The minimum atomic E-state index is -0.836. The number of carbonyl (C=O) groups excluding carboxylic acids is 2. The standard InChI is InChI=1S/C20H16N2O5S/c1-11-10-15(21-27-11)22-17(12-5-7-13(26-2)8-6-12)16(19(24)20(22)25)18(23)14-4-3-9-28-14/h3-10,17,24H,1-2H3/t17-/m1/s1. The Morgan fingerprint density at radius 2 is 2.04 bits per heavy atom. The van der Waals surface area contributed by atoms with Crippen LogP contribution in [0.3, 0.4) is 0 Å². The molecule has 7 nitrogen and oxygen atoms in total. The summed E-state index contributed by atoms with van der Waals surface area (Å²) in [6, 6.07) is 11.1. The van der Waals surface area contributed by atoms with Crippen LogP contribution in [0.1, 0.15) is 27.0 Å². The van der Waals surface area contributed by atoms with Crippen LogP contribution in [0.25, 0.3) is 0 Å². The molecule has 3 aromatic rings. The summed E-state index contributed by atoms with van der Waals surface area (Å²) in [5.41, 5.74) is 0.650. The molecule has 1 aliphatic heterocycles. The molecule has 2 aromatic heterocycles. The molecule has 1 amide bonds. The van der Waals surface area contributed by atoms with Crippen molar-refractivity contribution in [3.8, 4) is 5.75 Å². The second-order valence-corrected chi connectivity index (χ2v) is 7.16. The van der Waals surface area contributed by atoms with Crippen molar-refractivity contribution in [2.45, 2.75) is 13.0 Å². The third kappa shape index (κ3) is 2.87. The Labute approximate surface area is 164 Å². The van der Waals surface area contributed by atoms with E-state index in [4.69, 9.17) is 9.26 Å². The van der Waals surface area contributed by atoms with Crippen LogP contribution in [0.4, 0.5) is 5.82 Å². The van der Waals surface area contributed by atoms with E-state index in [0.717, 1.165) is 0 Å². The second-order valence-electron chi connectivity index (χ2n) is 6.22. The number of Topliss-reactive ketones (excluding diaryl/α,β-unsaturated/α-hetero) is 1. The maximum Gasteiger partial charge on any atom is 0.295 e. The molecule has 0 saturated carbocycles. The van der Waals surface area contributed by atoms with Gasteiger partial charge in [-0.2, -0.15) is 0 Å². The molecular weight excluding hydrogens is 380 g/mol. The first kappa shape index (κ1) is 18.0. The maximum absolute atomic E-state index is 13.1. The van der Waals surface area contributed by atoms with E-state index in [2.05, 4.69) is 5.16 Å². The van der Waals surface area contributed by atoms with Gasteiger partial charge in [0.05, 0.1) is 23.6 Å². The SMILES string of the molecule is COc1ccc([C@@H]2C(C(=O)c3cccs3)=C(O)C(=O)N2c2cc(C)on2)cc1. The number of hydrogen-bond acceptors (Lipinski definition) is 7. The number of carbonyl (C=O) groups is 2. The number of amides is 1. The predicted octanol–water partition coefficient (Wildman–Crippen LogP) is 3.84. The van der Waals surface area contributed by atoms with Crippen molar-refractivity contribution < 1.29 is 24.0 Å². The lowest BCUT2D eigenvalue weighted by atomic mass is 9.95. The van der Waals surface area contributed by atoms with E-state index < -0.39 is 23.5 Å². The molecule has 0 unspecified atom stereocenters. The van der Waals surface area contributed by atoms with Crippen LogP contribution in [-0.2, 0) is 4.79 Å². The number of ether oxygens (including phenoxy) is 1. The molecule has 4 rings (SSSR count). The number of thiophene rings is 1. The average molecular weight is 396 g/mol. The van der Waals surface area contributed by atoms with Crippen LogP contribution in [-0.4, -0.2) is 29.1 Å². The lowest BCUT2D eigenvalue weighted by Crippen LogP contribution is -2.31. The summed E-state index contributed by atoms with van der Waals surface area (Å²) < 4.78 is 10.3. The van der Waals surface area contributed by atoms with Gasteiger partial charge in [0.2, 0.25) is 5.78 Å². The summed E-state index contributed by atoms with van der Waals surface area (Å²) in [4.78, 5) is 27.7. The minimum Gasteiger partial charge on any atom is -0.503 e. The Morgan fingerprint density at radius 1 is 1.29 bits per heavy atom. The summed E-state index contributed by atoms with van der Waals surface area (Å²) >= 11 is 1.25. The second kappa shape index (κ2) is 6.97. The summed E-state index contributed by atoms with van der Waals surface area (Å²) in [5.74, 6) is -0.313. The molecule has 142 valence electrons. The van der Waals surface area contributed by atoms with Crippen molar-refractivity contribution in [3.63, 3.8) is 0 Å². The molecular formula is C20H16N2O5S. The largest absolute Gasteiger partial charge is 0.503 e. The van der Waals surface area contributed by atoms with Gasteiger partial charge in [-0.3, -0.25) is 14.5 Å². The van der Waals surface area contributed by atoms with E-state index in [1.54, 1.807) is 61.9 Å². The number of aromatic nitrogens is 1. The third-order valence-electron chi connectivity index (χ3n) is 4.49. The Morgan fingerprint density at radius 3 is 2.61 bits per heavy atom. The number of nitrogens with zero attached hydrogens (tertiary/aromatic N) is 2. The van der Waals surface area contributed by atoms with E-state index in [-0.39, 0.29) is 11.4 Å². The molecule has 1 aliphatic rings. The number of aliphatic hydroxyl groups is 1.